The molecule has 3 rings (SSSR count). The molecule has 2 atom stereocenters. The van der Waals surface area contributed by atoms with Gasteiger partial charge in [0.05, 0.1) is 20.3 Å². The molecule has 1 saturated heterocycles. The Labute approximate surface area is 126 Å². The Balaban J connectivity index is 2.05. The van der Waals surface area contributed by atoms with Gasteiger partial charge in [0, 0.05) is 13.0 Å². The number of carbonyl (C=O) groups excluding carboxylic acids is 1. The molecule has 2 aliphatic heterocycles. The lowest BCUT2D eigenvalue weighted by molar-refractivity contribution is -0.129. The summed E-state index contributed by atoms with van der Waals surface area (Å²) in [6.45, 7) is 3.01. The van der Waals surface area contributed by atoms with Gasteiger partial charge in [0.1, 0.15) is 0 Å². The Morgan fingerprint density at radius 1 is 1.24 bits per heavy atom. The van der Waals surface area contributed by atoms with Gasteiger partial charge in [-0.3, -0.25) is 4.79 Å². The van der Waals surface area contributed by atoms with E-state index < -0.39 is 0 Å². The molecule has 0 bridgehead atoms. The van der Waals surface area contributed by atoms with Crippen LogP contribution in [0.15, 0.2) is 12.1 Å². The van der Waals surface area contributed by atoms with E-state index in [4.69, 9.17) is 9.47 Å². The monoisotopic (exact) mass is 289 g/mol. The first kappa shape index (κ1) is 14.2. The first-order valence-electron chi connectivity index (χ1n) is 7.73. The molecule has 0 saturated carbocycles. The number of hydrogen-bond donors (Lipinski definition) is 0. The molecule has 0 aliphatic carbocycles. The predicted molar refractivity (Wildman–Crippen MR) is 80.7 cm³/mol. The molecule has 0 spiro atoms. The van der Waals surface area contributed by atoms with Crippen LogP contribution >= 0.6 is 0 Å². The second-order valence-corrected chi connectivity index (χ2v) is 5.94. The zero-order valence-corrected chi connectivity index (χ0v) is 13.0. The summed E-state index contributed by atoms with van der Waals surface area (Å²) in [4.78, 5) is 14.3. The van der Waals surface area contributed by atoms with Crippen LogP contribution in [0.25, 0.3) is 0 Å². The quantitative estimate of drug-likeness (QED) is 0.855. The molecule has 0 radical (unpaired) electrons. The average Bonchev–Trinajstić information content (AvgIpc) is 2.82. The Kier molecular flexibility index (Phi) is 3.79. The van der Waals surface area contributed by atoms with Gasteiger partial charge in [-0.1, -0.05) is 13.3 Å². The number of carbonyl (C=O) groups is 1. The number of methoxy groups -OCH3 is 2. The summed E-state index contributed by atoms with van der Waals surface area (Å²) in [5, 5.41) is 0. The van der Waals surface area contributed by atoms with E-state index in [1.54, 1.807) is 14.2 Å². The van der Waals surface area contributed by atoms with Crippen LogP contribution < -0.4 is 9.47 Å². The van der Waals surface area contributed by atoms with Crippen LogP contribution in [0.4, 0.5) is 0 Å². The number of benzene rings is 1. The van der Waals surface area contributed by atoms with Gasteiger partial charge in [0.2, 0.25) is 5.91 Å². The van der Waals surface area contributed by atoms with E-state index in [9.17, 15) is 4.79 Å². The number of nitrogens with zero attached hydrogens (tertiary/aromatic N) is 1. The van der Waals surface area contributed by atoms with Crippen molar-refractivity contribution in [3.05, 3.63) is 23.3 Å². The Hall–Kier alpha value is -1.71. The second kappa shape index (κ2) is 5.58. The fourth-order valence-corrected chi connectivity index (χ4v) is 3.85. The van der Waals surface area contributed by atoms with E-state index in [1.807, 2.05) is 0 Å². The number of amides is 1. The minimum absolute atomic E-state index is 0.223. The van der Waals surface area contributed by atoms with Crippen LogP contribution in [0, 0.1) is 5.92 Å². The minimum atomic E-state index is 0.223. The van der Waals surface area contributed by atoms with Crippen LogP contribution in [0.1, 0.15) is 43.4 Å². The van der Waals surface area contributed by atoms with E-state index in [0.29, 0.717) is 18.2 Å². The largest absolute Gasteiger partial charge is 0.493 e. The van der Waals surface area contributed by atoms with Crippen LogP contribution in [0.2, 0.25) is 0 Å². The first-order chi connectivity index (χ1) is 10.2. The summed E-state index contributed by atoms with van der Waals surface area (Å²) < 4.78 is 10.8. The maximum absolute atomic E-state index is 12.3. The Morgan fingerprint density at radius 2 is 1.95 bits per heavy atom. The molecule has 114 valence electrons. The summed E-state index contributed by atoms with van der Waals surface area (Å²) in [7, 11) is 3.33. The zero-order valence-electron chi connectivity index (χ0n) is 13.0. The second-order valence-electron chi connectivity index (χ2n) is 5.94. The van der Waals surface area contributed by atoms with Gasteiger partial charge in [0.25, 0.3) is 0 Å². The predicted octanol–water partition coefficient (Wildman–Crippen LogP) is 2.95. The van der Waals surface area contributed by atoms with Crippen molar-refractivity contribution in [2.45, 2.75) is 38.6 Å². The topological polar surface area (TPSA) is 38.8 Å². The van der Waals surface area contributed by atoms with Crippen molar-refractivity contribution < 1.29 is 14.3 Å². The van der Waals surface area contributed by atoms with Gasteiger partial charge in [-0.05, 0) is 42.0 Å². The molecular weight excluding hydrogens is 266 g/mol. The van der Waals surface area contributed by atoms with E-state index in [1.165, 1.54) is 11.1 Å². The molecule has 1 amide bonds. The molecule has 2 heterocycles. The summed E-state index contributed by atoms with van der Waals surface area (Å²) >= 11 is 0. The lowest BCUT2D eigenvalue weighted by Gasteiger charge is -2.35. The fourth-order valence-electron chi connectivity index (χ4n) is 3.85. The van der Waals surface area contributed by atoms with Gasteiger partial charge in [-0.15, -0.1) is 0 Å². The van der Waals surface area contributed by atoms with Crippen LogP contribution in [-0.4, -0.2) is 31.6 Å². The summed E-state index contributed by atoms with van der Waals surface area (Å²) in [6.07, 6.45) is 3.80. The third-order valence-electron chi connectivity index (χ3n) is 4.78. The molecule has 2 aliphatic rings. The van der Waals surface area contributed by atoms with Crippen LogP contribution in [-0.2, 0) is 11.2 Å². The molecule has 4 nitrogen and oxygen atoms in total. The number of ether oxygens (including phenoxy) is 2. The SMILES string of the molecule is CCC[C@@H]1CC(=O)N2CCc3cc(OC)c(OC)cc3[C@@H]12. The molecule has 0 aromatic heterocycles. The van der Waals surface area contributed by atoms with Gasteiger partial charge in [-0.25, -0.2) is 0 Å². The molecule has 0 N–H and O–H groups in total. The molecule has 21 heavy (non-hydrogen) atoms. The van der Waals surface area contributed by atoms with Gasteiger partial charge in [0.15, 0.2) is 11.5 Å². The lowest BCUT2D eigenvalue weighted by Crippen LogP contribution is -2.35. The zero-order chi connectivity index (χ0) is 15.0. The van der Waals surface area contributed by atoms with Crippen LogP contribution in [0.5, 0.6) is 11.5 Å². The van der Waals surface area contributed by atoms with Crippen molar-refractivity contribution in [2.24, 2.45) is 5.92 Å². The molecule has 1 fully saturated rings. The van der Waals surface area contributed by atoms with Crippen molar-refractivity contribution in [3.63, 3.8) is 0 Å². The van der Waals surface area contributed by atoms with Crippen molar-refractivity contribution in [1.29, 1.82) is 0 Å². The standard InChI is InChI=1S/C17H23NO3/c1-4-5-12-9-16(19)18-7-6-11-8-14(20-2)15(21-3)10-13(11)17(12)18/h8,10,12,17H,4-7,9H2,1-3H3/t12-,17-/m1/s1. The Bertz CT molecular complexity index is 555. The number of fused-ring (bicyclic) bond motifs is 3. The maximum atomic E-state index is 12.3. The van der Waals surface area contributed by atoms with E-state index in [-0.39, 0.29) is 6.04 Å². The molecular formula is C17H23NO3. The highest BCUT2D eigenvalue weighted by molar-refractivity contribution is 5.80. The van der Waals surface area contributed by atoms with Crippen molar-refractivity contribution in [1.82, 2.24) is 4.90 Å². The van der Waals surface area contributed by atoms with E-state index >= 15 is 0 Å². The third-order valence-corrected chi connectivity index (χ3v) is 4.78. The Morgan fingerprint density at radius 3 is 2.62 bits per heavy atom. The van der Waals surface area contributed by atoms with E-state index in [0.717, 1.165) is 37.3 Å². The van der Waals surface area contributed by atoms with Crippen molar-refractivity contribution >= 4 is 5.91 Å². The van der Waals surface area contributed by atoms with Crippen molar-refractivity contribution in [2.75, 3.05) is 20.8 Å². The first-order valence-corrected chi connectivity index (χ1v) is 7.73. The maximum Gasteiger partial charge on any atom is 0.223 e. The molecule has 0 unspecified atom stereocenters. The smallest absolute Gasteiger partial charge is 0.223 e. The summed E-state index contributed by atoms with van der Waals surface area (Å²) in [5.74, 6) is 2.27. The highest BCUT2D eigenvalue weighted by atomic mass is 16.5. The van der Waals surface area contributed by atoms with Crippen LogP contribution in [0.3, 0.4) is 0 Å². The molecule has 1 aromatic carbocycles. The van der Waals surface area contributed by atoms with E-state index in [2.05, 4.69) is 24.0 Å². The highest BCUT2D eigenvalue weighted by Gasteiger charge is 2.43. The summed E-state index contributed by atoms with van der Waals surface area (Å²) in [5.41, 5.74) is 2.55. The normalized spacial score (nSPS) is 23.8. The minimum Gasteiger partial charge on any atom is -0.493 e. The third kappa shape index (κ3) is 2.27. The summed E-state index contributed by atoms with van der Waals surface area (Å²) in [6, 6.07) is 4.38. The molecule has 1 aromatic rings. The lowest BCUT2D eigenvalue weighted by atomic mass is 9.84. The molecule has 4 heteroatoms. The highest BCUT2D eigenvalue weighted by Crippen LogP contribution is 2.46. The van der Waals surface area contributed by atoms with Gasteiger partial charge >= 0.3 is 0 Å². The van der Waals surface area contributed by atoms with Crippen molar-refractivity contribution in [3.8, 4) is 11.5 Å². The fraction of sp³-hybridized carbons (Fsp3) is 0.588. The van der Waals surface area contributed by atoms with Gasteiger partial charge in [-0.2, -0.15) is 0 Å². The number of rotatable bonds is 4. The number of hydrogen-bond acceptors (Lipinski definition) is 3. The average molecular weight is 289 g/mol. The van der Waals surface area contributed by atoms with Gasteiger partial charge < -0.3 is 14.4 Å².